The predicted octanol–water partition coefficient (Wildman–Crippen LogP) is 4.54. The Morgan fingerprint density at radius 2 is 1.93 bits per heavy atom. The monoisotopic (exact) mass is 370 g/mol. The molecular formula is C19H26N6O2. The van der Waals surface area contributed by atoms with Gasteiger partial charge in [0, 0.05) is 23.9 Å². The number of nitrogens with one attached hydrogen (secondary N) is 1. The lowest BCUT2D eigenvalue weighted by Crippen LogP contribution is -2.22. The fourth-order valence-corrected chi connectivity index (χ4v) is 2.87. The first-order valence-corrected chi connectivity index (χ1v) is 9.29. The van der Waals surface area contributed by atoms with Crippen LogP contribution in [0.25, 0.3) is 0 Å². The van der Waals surface area contributed by atoms with Crippen molar-refractivity contribution < 1.29 is 5.11 Å². The maximum atomic E-state index is 12.8. The van der Waals surface area contributed by atoms with Gasteiger partial charge in [-0.2, -0.15) is 10.4 Å². The van der Waals surface area contributed by atoms with Crippen molar-refractivity contribution in [3.8, 4) is 11.9 Å². The Morgan fingerprint density at radius 3 is 2.56 bits per heavy atom. The van der Waals surface area contributed by atoms with Crippen molar-refractivity contribution in [3.63, 3.8) is 0 Å². The van der Waals surface area contributed by atoms with Crippen LogP contribution in [0.1, 0.15) is 62.3 Å². The van der Waals surface area contributed by atoms with Gasteiger partial charge in [0.1, 0.15) is 11.6 Å². The zero-order valence-electron chi connectivity index (χ0n) is 16.1. The van der Waals surface area contributed by atoms with Crippen LogP contribution < -0.4 is 5.56 Å². The van der Waals surface area contributed by atoms with Crippen LogP contribution in [0.15, 0.2) is 21.1 Å². The molecule has 2 N–H and O–H groups in total. The number of azo groups is 1. The third-order valence-corrected chi connectivity index (χ3v) is 4.45. The molecule has 0 saturated heterocycles. The standard InChI is InChI=1S/C19H26N6O2/c1-4-5-6-7-8-9-10-25-18(26)15(12-20)14(3)17(19(25)27)24-23-16-11-13(2)21-22-16/h11,26H,4-10H2,1-3H3,(H,21,22). The molecule has 0 bridgehead atoms. The summed E-state index contributed by atoms with van der Waals surface area (Å²) in [5, 5.41) is 34.4. The van der Waals surface area contributed by atoms with Crippen molar-refractivity contribution >= 4 is 11.5 Å². The second-order valence-corrected chi connectivity index (χ2v) is 6.62. The van der Waals surface area contributed by atoms with E-state index in [2.05, 4.69) is 27.3 Å². The van der Waals surface area contributed by atoms with E-state index in [4.69, 9.17) is 0 Å². The largest absolute Gasteiger partial charge is 0.493 e. The van der Waals surface area contributed by atoms with Gasteiger partial charge in [0.15, 0.2) is 11.5 Å². The van der Waals surface area contributed by atoms with Crippen LogP contribution >= 0.6 is 0 Å². The van der Waals surface area contributed by atoms with Crippen LogP contribution in [0.3, 0.4) is 0 Å². The van der Waals surface area contributed by atoms with Crippen LogP contribution in [-0.2, 0) is 6.54 Å². The lowest BCUT2D eigenvalue weighted by molar-refractivity contribution is 0.396. The molecule has 0 unspecified atom stereocenters. The molecule has 0 aliphatic rings. The maximum Gasteiger partial charge on any atom is 0.281 e. The second kappa shape index (κ2) is 9.67. The SMILES string of the molecule is CCCCCCCCn1c(O)c(C#N)c(C)c(N=Nc2cc(C)[nH]n2)c1=O. The molecule has 2 aromatic heterocycles. The van der Waals surface area contributed by atoms with E-state index < -0.39 is 5.56 Å². The van der Waals surface area contributed by atoms with Gasteiger partial charge in [-0.1, -0.05) is 39.0 Å². The summed E-state index contributed by atoms with van der Waals surface area (Å²) in [4.78, 5) is 12.8. The molecule has 27 heavy (non-hydrogen) atoms. The second-order valence-electron chi connectivity index (χ2n) is 6.62. The molecule has 0 radical (unpaired) electrons. The highest BCUT2D eigenvalue weighted by molar-refractivity contribution is 5.56. The van der Waals surface area contributed by atoms with E-state index in [-0.39, 0.29) is 17.1 Å². The molecular weight excluding hydrogens is 344 g/mol. The quantitative estimate of drug-likeness (QED) is 0.497. The lowest BCUT2D eigenvalue weighted by atomic mass is 10.1. The zero-order valence-corrected chi connectivity index (χ0v) is 16.1. The zero-order chi connectivity index (χ0) is 19.8. The summed E-state index contributed by atoms with van der Waals surface area (Å²) in [5.74, 6) is 0.0449. The normalized spacial score (nSPS) is 11.2. The summed E-state index contributed by atoms with van der Waals surface area (Å²) in [6.45, 7) is 5.92. The van der Waals surface area contributed by atoms with Crippen LogP contribution in [-0.4, -0.2) is 19.9 Å². The number of hydrogen-bond acceptors (Lipinski definition) is 6. The molecule has 8 heteroatoms. The number of aromatic nitrogens is 3. The number of nitrogens with zero attached hydrogens (tertiary/aromatic N) is 5. The third-order valence-electron chi connectivity index (χ3n) is 4.45. The summed E-state index contributed by atoms with van der Waals surface area (Å²) >= 11 is 0. The van der Waals surface area contributed by atoms with Gasteiger partial charge in [-0.15, -0.1) is 10.2 Å². The number of aromatic hydroxyl groups is 1. The smallest absolute Gasteiger partial charge is 0.281 e. The summed E-state index contributed by atoms with van der Waals surface area (Å²) in [6.07, 6.45) is 6.34. The Kier molecular flexibility index (Phi) is 7.29. The van der Waals surface area contributed by atoms with Gasteiger partial charge in [0.05, 0.1) is 0 Å². The molecule has 0 fully saturated rings. The Balaban J connectivity index is 2.27. The molecule has 0 atom stereocenters. The minimum atomic E-state index is -0.450. The first-order chi connectivity index (χ1) is 13.0. The highest BCUT2D eigenvalue weighted by atomic mass is 16.3. The summed E-state index contributed by atoms with van der Waals surface area (Å²) in [7, 11) is 0. The molecule has 0 amide bonds. The molecule has 0 spiro atoms. The van der Waals surface area contributed by atoms with E-state index in [1.54, 1.807) is 13.0 Å². The summed E-state index contributed by atoms with van der Waals surface area (Å²) in [5.41, 5.74) is 0.789. The molecule has 2 aromatic rings. The number of rotatable bonds is 9. The van der Waals surface area contributed by atoms with Gasteiger partial charge in [-0.3, -0.25) is 14.5 Å². The summed E-state index contributed by atoms with van der Waals surface area (Å²) < 4.78 is 1.22. The average Bonchev–Trinajstić information content (AvgIpc) is 3.06. The van der Waals surface area contributed by atoms with E-state index in [0.29, 0.717) is 17.9 Å². The minimum absolute atomic E-state index is 0.0488. The fourth-order valence-electron chi connectivity index (χ4n) is 2.87. The van der Waals surface area contributed by atoms with E-state index >= 15 is 0 Å². The molecule has 0 aliphatic carbocycles. The highest BCUT2D eigenvalue weighted by Crippen LogP contribution is 2.27. The van der Waals surface area contributed by atoms with Crippen LogP contribution in [0.5, 0.6) is 5.88 Å². The number of nitriles is 1. The van der Waals surface area contributed by atoms with Gasteiger partial charge in [-0.25, -0.2) is 0 Å². The number of pyridine rings is 1. The van der Waals surface area contributed by atoms with Crippen molar-refractivity contribution in [2.75, 3.05) is 0 Å². The van der Waals surface area contributed by atoms with Gasteiger partial charge >= 0.3 is 0 Å². The van der Waals surface area contributed by atoms with Gasteiger partial charge in [0.25, 0.3) is 5.56 Å². The minimum Gasteiger partial charge on any atom is -0.493 e. The Morgan fingerprint density at radius 1 is 1.22 bits per heavy atom. The fraction of sp³-hybridized carbons (Fsp3) is 0.526. The molecule has 2 rings (SSSR count). The lowest BCUT2D eigenvalue weighted by Gasteiger charge is -2.12. The van der Waals surface area contributed by atoms with E-state index in [1.807, 2.05) is 13.0 Å². The van der Waals surface area contributed by atoms with Crippen molar-refractivity contribution in [2.45, 2.75) is 65.8 Å². The number of aromatic amines is 1. The van der Waals surface area contributed by atoms with Crippen LogP contribution in [0.4, 0.5) is 11.5 Å². The highest BCUT2D eigenvalue weighted by Gasteiger charge is 2.19. The van der Waals surface area contributed by atoms with Crippen molar-refractivity contribution in [2.24, 2.45) is 10.2 Å². The van der Waals surface area contributed by atoms with Gasteiger partial charge in [0.2, 0.25) is 5.88 Å². The van der Waals surface area contributed by atoms with E-state index in [1.165, 1.54) is 17.4 Å². The Hall–Kier alpha value is -2.95. The Bertz CT molecular complexity index is 904. The van der Waals surface area contributed by atoms with E-state index in [9.17, 15) is 15.2 Å². The van der Waals surface area contributed by atoms with E-state index in [0.717, 1.165) is 31.4 Å². The van der Waals surface area contributed by atoms with Crippen molar-refractivity contribution in [3.05, 3.63) is 33.2 Å². The first kappa shape index (κ1) is 20.4. The maximum absolute atomic E-state index is 12.8. The molecule has 0 aromatic carbocycles. The first-order valence-electron chi connectivity index (χ1n) is 9.29. The molecule has 144 valence electrons. The molecule has 2 heterocycles. The summed E-state index contributed by atoms with van der Waals surface area (Å²) in [6, 6.07) is 3.65. The average molecular weight is 370 g/mol. The molecule has 8 nitrogen and oxygen atoms in total. The van der Waals surface area contributed by atoms with Gasteiger partial charge < -0.3 is 5.11 Å². The number of aryl methyl sites for hydroxylation is 1. The Labute approximate surface area is 158 Å². The van der Waals surface area contributed by atoms with Gasteiger partial charge in [-0.05, 0) is 20.3 Å². The molecule has 0 saturated carbocycles. The third kappa shape index (κ3) is 5.03. The van der Waals surface area contributed by atoms with Crippen molar-refractivity contribution in [1.29, 1.82) is 5.26 Å². The topological polar surface area (TPSA) is 119 Å². The van der Waals surface area contributed by atoms with Crippen LogP contribution in [0.2, 0.25) is 0 Å². The number of unbranched alkanes of at least 4 members (excludes halogenated alkanes) is 5. The predicted molar refractivity (Wildman–Crippen MR) is 103 cm³/mol. The van der Waals surface area contributed by atoms with Crippen LogP contribution in [0, 0.1) is 25.2 Å². The number of H-pyrrole nitrogens is 1. The number of hydrogen-bond donors (Lipinski definition) is 2. The molecule has 0 aliphatic heterocycles. The van der Waals surface area contributed by atoms with Crippen molar-refractivity contribution in [1.82, 2.24) is 14.8 Å².